The third-order valence-electron chi connectivity index (χ3n) is 4.58. The van der Waals surface area contributed by atoms with Gasteiger partial charge in [-0.25, -0.2) is 4.39 Å². The number of carbonyl (C=O) groups excluding carboxylic acids is 1. The van der Waals surface area contributed by atoms with Crippen LogP contribution in [-0.2, 0) is 4.79 Å². The van der Waals surface area contributed by atoms with Gasteiger partial charge >= 0.3 is 0 Å². The Morgan fingerprint density at radius 2 is 1.79 bits per heavy atom. The van der Waals surface area contributed by atoms with Gasteiger partial charge in [0.15, 0.2) is 6.61 Å². The van der Waals surface area contributed by atoms with E-state index in [9.17, 15) is 14.0 Å². The Morgan fingerprint density at radius 3 is 2.54 bits per heavy atom. The molecular weight excluding hydrogens is 365 g/mol. The Kier molecular flexibility index (Phi) is 4.97. The number of halogens is 1. The maximum Gasteiger partial charge on any atom is 0.260 e. The second kappa shape index (κ2) is 7.72. The van der Waals surface area contributed by atoms with Crippen LogP contribution in [0.3, 0.4) is 0 Å². The first-order valence-corrected chi connectivity index (χ1v) is 9.00. The standard InChI is InChI=1S/C21H18FNO5/c22-14-3-5-15(6-4-14)28-19-12-27-18-11-16(7-8-17(18)21(19)25)26-13-20(24)23-9-1-2-10-23/h3-8,11-12H,1-2,9-10,13H2. The Bertz CT molecular complexity index is 1050. The van der Waals surface area contributed by atoms with Crippen molar-refractivity contribution in [3.8, 4) is 17.2 Å². The molecule has 1 aliphatic rings. The second-order valence-electron chi connectivity index (χ2n) is 6.52. The summed E-state index contributed by atoms with van der Waals surface area (Å²) in [6, 6.07) is 10.1. The summed E-state index contributed by atoms with van der Waals surface area (Å²) < 4.78 is 29.5. The smallest absolute Gasteiger partial charge is 0.260 e. The van der Waals surface area contributed by atoms with Crippen LogP contribution in [0.2, 0.25) is 0 Å². The lowest BCUT2D eigenvalue weighted by atomic mass is 10.2. The number of fused-ring (bicyclic) bond motifs is 1. The van der Waals surface area contributed by atoms with Gasteiger partial charge in [-0.15, -0.1) is 0 Å². The van der Waals surface area contributed by atoms with Gasteiger partial charge in [-0.05, 0) is 49.2 Å². The van der Waals surface area contributed by atoms with E-state index in [2.05, 4.69) is 0 Å². The van der Waals surface area contributed by atoms with E-state index in [0.29, 0.717) is 22.5 Å². The maximum absolute atomic E-state index is 13.0. The van der Waals surface area contributed by atoms with E-state index in [1.54, 1.807) is 23.1 Å². The summed E-state index contributed by atoms with van der Waals surface area (Å²) >= 11 is 0. The molecule has 1 saturated heterocycles. The van der Waals surface area contributed by atoms with Crippen molar-refractivity contribution in [1.82, 2.24) is 4.90 Å². The van der Waals surface area contributed by atoms with E-state index in [-0.39, 0.29) is 23.7 Å². The molecule has 0 spiro atoms. The van der Waals surface area contributed by atoms with Crippen LogP contribution < -0.4 is 14.9 Å². The molecule has 0 bridgehead atoms. The van der Waals surface area contributed by atoms with Crippen molar-refractivity contribution in [2.24, 2.45) is 0 Å². The summed E-state index contributed by atoms with van der Waals surface area (Å²) in [6.45, 7) is 1.48. The lowest BCUT2D eigenvalue weighted by Gasteiger charge is -2.15. The van der Waals surface area contributed by atoms with Gasteiger partial charge in [0, 0.05) is 19.2 Å². The number of carbonyl (C=O) groups is 1. The molecule has 2 heterocycles. The van der Waals surface area contributed by atoms with Gasteiger partial charge in [0.2, 0.25) is 11.2 Å². The highest BCUT2D eigenvalue weighted by atomic mass is 19.1. The summed E-state index contributed by atoms with van der Waals surface area (Å²) in [5.74, 6) is 0.316. The molecule has 0 N–H and O–H groups in total. The van der Waals surface area contributed by atoms with Crippen LogP contribution in [0.25, 0.3) is 11.0 Å². The Hall–Kier alpha value is -3.35. The summed E-state index contributed by atoms with van der Waals surface area (Å²) in [7, 11) is 0. The molecule has 0 radical (unpaired) electrons. The molecule has 1 fully saturated rings. The molecule has 4 rings (SSSR count). The third-order valence-corrected chi connectivity index (χ3v) is 4.58. The number of hydrogen-bond donors (Lipinski definition) is 0. The fraction of sp³-hybridized carbons (Fsp3) is 0.238. The number of rotatable bonds is 5. The minimum absolute atomic E-state index is 0.00279. The highest BCUT2D eigenvalue weighted by Crippen LogP contribution is 2.24. The molecule has 2 aromatic carbocycles. The predicted octanol–water partition coefficient (Wildman–Crippen LogP) is 3.73. The summed E-state index contributed by atoms with van der Waals surface area (Å²) in [4.78, 5) is 26.4. The highest BCUT2D eigenvalue weighted by Gasteiger charge is 2.18. The van der Waals surface area contributed by atoms with Crippen LogP contribution in [0.5, 0.6) is 17.2 Å². The summed E-state index contributed by atoms with van der Waals surface area (Å²) in [5, 5.41) is 0.317. The van der Waals surface area contributed by atoms with Crippen LogP contribution in [0.15, 0.2) is 57.9 Å². The number of benzene rings is 2. The average molecular weight is 383 g/mol. The molecule has 0 unspecified atom stereocenters. The van der Waals surface area contributed by atoms with Crippen molar-refractivity contribution < 1.29 is 23.1 Å². The first-order chi connectivity index (χ1) is 13.6. The second-order valence-corrected chi connectivity index (χ2v) is 6.52. The van der Waals surface area contributed by atoms with Gasteiger partial charge in [0.25, 0.3) is 5.91 Å². The van der Waals surface area contributed by atoms with Crippen molar-refractivity contribution in [3.05, 3.63) is 64.8 Å². The molecule has 0 atom stereocenters. The Labute approximate surface area is 160 Å². The minimum atomic E-state index is -0.395. The van der Waals surface area contributed by atoms with Crippen molar-refractivity contribution >= 4 is 16.9 Å². The number of likely N-dealkylation sites (tertiary alicyclic amines) is 1. The first kappa shape index (κ1) is 18.0. The molecule has 6 nitrogen and oxygen atoms in total. The van der Waals surface area contributed by atoms with Crippen LogP contribution in [0.4, 0.5) is 4.39 Å². The summed E-state index contributed by atoms with van der Waals surface area (Å²) in [5.41, 5.74) is -0.0344. The topological polar surface area (TPSA) is 69.0 Å². The largest absolute Gasteiger partial charge is 0.484 e. The molecule has 0 saturated carbocycles. The van der Waals surface area contributed by atoms with E-state index in [0.717, 1.165) is 25.9 Å². The van der Waals surface area contributed by atoms with E-state index in [1.165, 1.54) is 30.5 Å². The number of nitrogens with zero attached hydrogens (tertiary/aromatic N) is 1. The fourth-order valence-corrected chi connectivity index (χ4v) is 3.08. The van der Waals surface area contributed by atoms with E-state index in [1.807, 2.05) is 0 Å². The molecule has 144 valence electrons. The van der Waals surface area contributed by atoms with Gasteiger partial charge in [-0.1, -0.05) is 0 Å². The number of ether oxygens (including phenoxy) is 2. The van der Waals surface area contributed by atoms with Crippen LogP contribution >= 0.6 is 0 Å². The molecule has 1 aromatic heterocycles. The predicted molar refractivity (Wildman–Crippen MR) is 100 cm³/mol. The number of amides is 1. The zero-order chi connectivity index (χ0) is 19.5. The van der Waals surface area contributed by atoms with Crippen molar-refractivity contribution in [2.75, 3.05) is 19.7 Å². The van der Waals surface area contributed by atoms with Crippen LogP contribution in [0, 0.1) is 5.82 Å². The van der Waals surface area contributed by atoms with E-state index in [4.69, 9.17) is 13.9 Å². The molecule has 3 aromatic rings. The normalized spacial score (nSPS) is 13.7. The minimum Gasteiger partial charge on any atom is -0.484 e. The molecule has 7 heteroatoms. The lowest BCUT2D eigenvalue weighted by molar-refractivity contribution is -0.132. The SMILES string of the molecule is O=C(COc1ccc2c(=O)c(Oc3ccc(F)cc3)coc2c1)N1CCCC1. The molecule has 28 heavy (non-hydrogen) atoms. The summed E-state index contributed by atoms with van der Waals surface area (Å²) in [6.07, 6.45) is 3.25. The van der Waals surface area contributed by atoms with Crippen molar-refractivity contribution in [3.63, 3.8) is 0 Å². The van der Waals surface area contributed by atoms with Gasteiger partial charge in [0.05, 0.1) is 5.39 Å². The quantitative estimate of drug-likeness (QED) is 0.672. The third kappa shape index (κ3) is 3.83. The monoisotopic (exact) mass is 383 g/mol. The molecule has 1 aliphatic heterocycles. The number of hydrogen-bond acceptors (Lipinski definition) is 5. The van der Waals surface area contributed by atoms with Gasteiger partial charge < -0.3 is 18.8 Å². The van der Waals surface area contributed by atoms with Gasteiger partial charge in [-0.2, -0.15) is 0 Å². The van der Waals surface area contributed by atoms with Crippen molar-refractivity contribution in [2.45, 2.75) is 12.8 Å². The van der Waals surface area contributed by atoms with Crippen LogP contribution in [-0.4, -0.2) is 30.5 Å². The molecule has 0 aliphatic carbocycles. The average Bonchev–Trinajstić information content (AvgIpc) is 3.25. The van der Waals surface area contributed by atoms with Gasteiger partial charge in [-0.3, -0.25) is 9.59 Å². The molecule has 1 amide bonds. The lowest BCUT2D eigenvalue weighted by Crippen LogP contribution is -2.32. The maximum atomic E-state index is 13.0. The Balaban J connectivity index is 1.50. The fourth-order valence-electron chi connectivity index (χ4n) is 3.08. The molecular formula is C21H18FNO5. The Morgan fingerprint density at radius 1 is 1.07 bits per heavy atom. The van der Waals surface area contributed by atoms with Crippen LogP contribution in [0.1, 0.15) is 12.8 Å². The highest BCUT2D eigenvalue weighted by molar-refractivity contribution is 5.80. The zero-order valence-corrected chi connectivity index (χ0v) is 15.0. The van der Waals surface area contributed by atoms with E-state index >= 15 is 0 Å². The van der Waals surface area contributed by atoms with E-state index < -0.39 is 5.82 Å². The first-order valence-electron chi connectivity index (χ1n) is 9.00. The zero-order valence-electron chi connectivity index (χ0n) is 15.0. The van der Waals surface area contributed by atoms with Gasteiger partial charge in [0.1, 0.15) is 29.2 Å². The van der Waals surface area contributed by atoms with Crippen molar-refractivity contribution in [1.29, 1.82) is 0 Å².